The molecule has 27 heavy (non-hydrogen) atoms. The van der Waals surface area contributed by atoms with E-state index in [0.29, 0.717) is 12.8 Å². The van der Waals surface area contributed by atoms with Gasteiger partial charge in [0.1, 0.15) is 0 Å². The lowest BCUT2D eigenvalue weighted by molar-refractivity contribution is -0.137. The molecule has 1 unspecified atom stereocenters. The first kappa shape index (κ1) is 21.5. The molecule has 1 atom stereocenters. The number of aryl methyl sites for hydroxylation is 4. The molecule has 3 nitrogen and oxygen atoms in total. The summed E-state index contributed by atoms with van der Waals surface area (Å²) in [5, 5.41) is 9.25. The van der Waals surface area contributed by atoms with Gasteiger partial charge >= 0.3 is 6.18 Å². The summed E-state index contributed by atoms with van der Waals surface area (Å²) in [6.45, 7) is 3.83. The Morgan fingerprint density at radius 3 is 2.44 bits per heavy atom. The second-order valence-electron chi connectivity index (χ2n) is 7.67. The first-order valence-corrected chi connectivity index (χ1v) is 9.34. The van der Waals surface area contributed by atoms with E-state index in [0.717, 1.165) is 48.7 Å². The largest absolute Gasteiger partial charge is 0.416 e. The molecule has 0 saturated heterocycles. The quantitative estimate of drug-likeness (QED) is 0.557. The standard InChI is InChI=1S/C21H29F3N2O/c1-15-12-18(26-19(15)10-11-20(2,25)14-27)9-4-3-6-16-7-5-8-17(13-16)21(22,23)24/h5,7-8,12-13,26-27H,3-4,6,9-11,14,25H2,1-2H3. The van der Waals surface area contributed by atoms with E-state index in [1.165, 1.54) is 17.7 Å². The average Bonchev–Trinajstić information content (AvgIpc) is 2.96. The fourth-order valence-electron chi connectivity index (χ4n) is 3.11. The number of aromatic nitrogens is 1. The number of nitrogens with two attached hydrogens (primary N) is 1. The van der Waals surface area contributed by atoms with Crippen LogP contribution < -0.4 is 5.73 Å². The highest BCUT2D eigenvalue weighted by atomic mass is 19.4. The summed E-state index contributed by atoms with van der Waals surface area (Å²) in [5.41, 5.74) is 8.98. The highest BCUT2D eigenvalue weighted by Crippen LogP contribution is 2.29. The second kappa shape index (κ2) is 8.93. The van der Waals surface area contributed by atoms with E-state index >= 15 is 0 Å². The van der Waals surface area contributed by atoms with Crippen LogP contribution in [0.15, 0.2) is 30.3 Å². The summed E-state index contributed by atoms with van der Waals surface area (Å²) >= 11 is 0. The van der Waals surface area contributed by atoms with Gasteiger partial charge in [-0.3, -0.25) is 0 Å². The van der Waals surface area contributed by atoms with Crippen LogP contribution >= 0.6 is 0 Å². The zero-order valence-electron chi connectivity index (χ0n) is 16.0. The van der Waals surface area contributed by atoms with Crippen LogP contribution in [-0.4, -0.2) is 22.2 Å². The smallest absolute Gasteiger partial charge is 0.394 e. The molecule has 150 valence electrons. The lowest BCUT2D eigenvalue weighted by Gasteiger charge is -2.21. The van der Waals surface area contributed by atoms with Gasteiger partial charge in [0.15, 0.2) is 0 Å². The summed E-state index contributed by atoms with van der Waals surface area (Å²) < 4.78 is 38.3. The van der Waals surface area contributed by atoms with E-state index < -0.39 is 17.3 Å². The number of unbranched alkanes of at least 4 members (excludes halogenated alkanes) is 1. The van der Waals surface area contributed by atoms with Crippen LogP contribution in [0.1, 0.15) is 54.3 Å². The number of aliphatic hydroxyl groups is 1. The van der Waals surface area contributed by atoms with Gasteiger partial charge in [-0.15, -0.1) is 0 Å². The highest BCUT2D eigenvalue weighted by Gasteiger charge is 2.30. The third-order valence-electron chi connectivity index (χ3n) is 4.90. The Hall–Kier alpha value is -1.79. The number of aliphatic hydroxyl groups excluding tert-OH is 1. The zero-order chi connectivity index (χ0) is 20.1. The summed E-state index contributed by atoms with van der Waals surface area (Å²) in [7, 11) is 0. The van der Waals surface area contributed by atoms with E-state index in [1.54, 1.807) is 6.07 Å². The number of hydrogen-bond acceptors (Lipinski definition) is 2. The molecule has 1 aromatic carbocycles. The lowest BCUT2D eigenvalue weighted by Crippen LogP contribution is -2.40. The molecular formula is C21H29F3N2O. The van der Waals surface area contributed by atoms with Gasteiger partial charge in [0.05, 0.1) is 12.2 Å². The predicted octanol–water partition coefficient (Wildman–Crippen LogP) is 4.55. The van der Waals surface area contributed by atoms with Crippen molar-refractivity contribution >= 4 is 0 Å². The van der Waals surface area contributed by atoms with Crippen molar-refractivity contribution in [3.05, 3.63) is 58.4 Å². The molecule has 2 aromatic rings. The molecule has 1 aromatic heterocycles. The van der Waals surface area contributed by atoms with Gasteiger partial charge in [0.25, 0.3) is 0 Å². The van der Waals surface area contributed by atoms with Crippen molar-refractivity contribution in [3.8, 4) is 0 Å². The molecule has 2 rings (SSSR count). The first-order chi connectivity index (χ1) is 12.6. The molecule has 0 aliphatic rings. The van der Waals surface area contributed by atoms with Gasteiger partial charge in [0.2, 0.25) is 0 Å². The van der Waals surface area contributed by atoms with Crippen LogP contribution in [0, 0.1) is 6.92 Å². The van der Waals surface area contributed by atoms with E-state index in [1.807, 2.05) is 13.8 Å². The number of H-pyrrole nitrogens is 1. The van der Waals surface area contributed by atoms with Gasteiger partial charge in [-0.2, -0.15) is 13.2 Å². The predicted molar refractivity (Wildman–Crippen MR) is 102 cm³/mol. The Balaban J connectivity index is 1.82. The number of aromatic amines is 1. The molecule has 0 amide bonds. The monoisotopic (exact) mass is 382 g/mol. The number of halogens is 3. The molecule has 4 N–H and O–H groups in total. The van der Waals surface area contributed by atoms with Gasteiger partial charge in [-0.25, -0.2) is 0 Å². The minimum atomic E-state index is -4.29. The van der Waals surface area contributed by atoms with Crippen LogP contribution in [-0.2, 0) is 25.4 Å². The summed E-state index contributed by atoms with van der Waals surface area (Å²) in [4.78, 5) is 3.42. The lowest BCUT2D eigenvalue weighted by atomic mass is 9.96. The molecular weight excluding hydrogens is 353 g/mol. The maximum absolute atomic E-state index is 12.8. The summed E-state index contributed by atoms with van der Waals surface area (Å²) in [6.07, 6.45) is 0.423. The average molecular weight is 382 g/mol. The molecule has 0 aliphatic heterocycles. The minimum absolute atomic E-state index is 0.0465. The number of benzene rings is 1. The number of alkyl halides is 3. The zero-order valence-corrected chi connectivity index (χ0v) is 16.0. The van der Waals surface area contributed by atoms with Gasteiger partial charge in [-0.1, -0.05) is 18.2 Å². The number of nitrogens with one attached hydrogen (secondary N) is 1. The van der Waals surface area contributed by atoms with Crippen molar-refractivity contribution in [1.82, 2.24) is 4.98 Å². The molecule has 0 saturated carbocycles. The Bertz CT molecular complexity index is 735. The van der Waals surface area contributed by atoms with Crippen molar-refractivity contribution in [2.45, 2.75) is 64.1 Å². The Morgan fingerprint density at radius 2 is 1.78 bits per heavy atom. The Morgan fingerprint density at radius 1 is 1.07 bits per heavy atom. The minimum Gasteiger partial charge on any atom is -0.394 e. The van der Waals surface area contributed by atoms with Crippen LogP contribution in [0.3, 0.4) is 0 Å². The van der Waals surface area contributed by atoms with E-state index in [9.17, 15) is 18.3 Å². The highest BCUT2D eigenvalue weighted by molar-refractivity contribution is 5.26. The van der Waals surface area contributed by atoms with Crippen molar-refractivity contribution < 1.29 is 18.3 Å². The van der Waals surface area contributed by atoms with Crippen LogP contribution in [0.25, 0.3) is 0 Å². The van der Waals surface area contributed by atoms with E-state index in [2.05, 4.69) is 11.1 Å². The molecule has 6 heteroatoms. The van der Waals surface area contributed by atoms with Crippen molar-refractivity contribution in [1.29, 1.82) is 0 Å². The SMILES string of the molecule is Cc1cc(CCCCc2cccc(C(F)(F)F)c2)[nH]c1CCC(C)(N)CO. The van der Waals surface area contributed by atoms with Crippen LogP contribution in [0.5, 0.6) is 0 Å². The van der Waals surface area contributed by atoms with Gasteiger partial charge in [0, 0.05) is 16.9 Å². The topological polar surface area (TPSA) is 62.0 Å². The van der Waals surface area contributed by atoms with Gasteiger partial charge in [-0.05, 0) is 75.6 Å². The van der Waals surface area contributed by atoms with E-state index in [-0.39, 0.29) is 6.61 Å². The fraction of sp³-hybridized carbons (Fsp3) is 0.524. The molecule has 0 spiro atoms. The number of hydrogen-bond donors (Lipinski definition) is 3. The molecule has 0 bridgehead atoms. The second-order valence-corrected chi connectivity index (χ2v) is 7.67. The molecule has 1 heterocycles. The Kier molecular flexibility index (Phi) is 7.12. The van der Waals surface area contributed by atoms with Crippen molar-refractivity contribution in [2.24, 2.45) is 5.73 Å². The van der Waals surface area contributed by atoms with Crippen LogP contribution in [0.2, 0.25) is 0 Å². The van der Waals surface area contributed by atoms with Gasteiger partial charge < -0.3 is 15.8 Å². The first-order valence-electron chi connectivity index (χ1n) is 9.34. The Labute approximate surface area is 158 Å². The molecule has 0 radical (unpaired) electrons. The maximum atomic E-state index is 12.8. The fourth-order valence-corrected chi connectivity index (χ4v) is 3.11. The van der Waals surface area contributed by atoms with Crippen molar-refractivity contribution in [3.63, 3.8) is 0 Å². The maximum Gasteiger partial charge on any atom is 0.416 e. The van der Waals surface area contributed by atoms with Crippen LogP contribution in [0.4, 0.5) is 13.2 Å². The van der Waals surface area contributed by atoms with Crippen molar-refractivity contribution in [2.75, 3.05) is 6.61 Å². The molecule has 0 aliphatic carbocycles. The van der Waals surface area contributed by atoms with E-state index in [4.69, 9.17) is 5.73 Å². The third-order valence-corrected chi connectivity index (χ3v) is 4.90. The summed E-state index contributed by atoms with van der Waals surface area (Å²) in [6, 6.07) is 7.68. The third kappa shape index (κ3) is 6.70. The molecule has 0 fully saturated rings. The summed E-state index contributed by atoms with van der Waals surface area (Å²) in [5.74, 6) is 0. The normalized spacial score (nSPS) is 14.3. The number of rotatable bonds is 9.